The molecule has 3 heterocycles. The number of aromatic hydroxyl groups is 1. The zero-order chi connectivity index (χ0) is 31.0. The van der Waals surface area contributed by atoms with E-state index in [1.54, 1.807) is 31.3 Å². The number of nitrogens with zero attached hydrogens (tertiary/aromatic N) is 2. The van der Waals surface area contributed by atoms with E-state index in [1.807, 2.05) is 29.2 Å². The molecule has 5 aromatic rings. The molecule has 7 nitrogen and oxygen atoms in total. The largest absolute Gasteiger partial charge is 0.507 e. The zero-order valence-corrected chi connectivity index (χ0v) is 24.2. The third-order valence-corrected chi connectivity index (χ3v) is 8.60. The lowest BCUT2D eigenvalue weighted by atomic mass is 9.84. The Hall–Kier alpha value is -4.73. The van der Waals surface area contributed by atoms with E-state index in [4.69, 9.17) is 0 Å². The Morgan fingerprint density at radius 3 is 2.32 bits per heavy atom. The van der Waals surface area contributed by atoms with Gasteiger partial charge >= 0.3 is 12.2 Å². The Morgan fingerprint density at radius 2 is 1.61 bits per heavy atom. The number of likely N-dealkylation sites (tertiary alicyclic amines) is 1. The molecule has 0 radical (unpaired) electrons. The van der Waals surface area contributed by atoms with Gasteiger partial charge in [-0.15, -0.1) is 0 Å². The SMILES string of the molecule is Cn1c(=O)c(C(c2ccc(C(F)(F)F)cc2)c2[nH]c3ccccc3c2CCNC(=O)N2CCCCC2)c(O)c2ccccc21. The molecule has 1 unspecified atom stereocenters. The highest BCUT2D eigenvalue weighted by atomic mass is 19.4. The molecule has 44 heavy (non-hydrogen) atoms. The molecule has 0 bridgehead atoms. The second kappa shape index (κ2) is 11.7. The van der Waals surface area contributed by atoms with Crippen molar-refractivity contribution >= 4 is 27.8 Å². The minimum Gasteiger partial charge on any atom is -0.507 e. The van der Waals surface area contributed by atoms with Crippen molar-refractivity contribution in [3.63, 3.8) is 0 Å². The highest BCUT2D eigenvalue weighted by molar-refractivity contribution is 5.88. The maximum Gasteiger partial charge on any atom is 0.416 e. The molecule has 1 aliphatic heterocycles. The number of aromatic nitrogens is 2. The predicted octanol–water partition coefficient (Wildman–Crippen LogP) is 6.66. The summed E-state index contributed by atoms with van der Waals surface area (Å²) >= 11 is 0. The summed E-state index contributed by atoms with van der Waals surface area (Å²) in [5.74, 6) is -1.16. The number of urea groups is 1. The van der Waals surface area contributed by atoms with Crippen molar-refractivity contribution in [2.24, 2.45) is 7.05 Å². The number of pyridine rings is 1. The number of rotatable bonds is 6. The molecular formula is C34H33F3N4O3. The summed E-state index contributed by atoms with van der Waals surface area (Å²) in [5, 5.41) is 16.0. The van der Waals surface area contributed by atoms with E-state index >= 15 is 0 Å². The highest BCUT2D eigenvalue weighted by Gasteiger charge is 2.33. The van der Waals surface area contributed by atoms with Crippen LogP contribution in [0.4, 0.5) is 18.0 Å². The third kappa shape index (κ3) is 5.40. The fourth-order valence-electron chi connectivity index (χ4n) is 6.35. The fraction of sp³-hybridized carbons (Fsp3) is 0.294. The predicted molar refractivity (Wildman–Crippen MR) is 164 cm³/mol. The number of hydrogen-bond donors (Lipinski definition) is 3. The number of carbonyl (C=O) groups excluding carboxylic acids is 1. The lowest BCUT2D eigenvalue weighted by molar-refractivity contribution is -0.137. The summed E-state index contributed by atoms with van der Waals surface area (Å²) in [6.45, 7) is 1.74. The van der Waals surface area contributed by atoms with E-state index in [2.05, 4.69) is 10.3 Å². The van der Waals surface area contributed by atoms with Gasteiger partial charge in [-0.05, 0) is 67.1 Å². The van der Waals surface area contributed by atoms with Crippen molar-refractivity contribution in [3.8, 4) is 5.75 Å². The van der Waals surface area contributed by atoms with Gasteiger partial charge in [-0.3, -0.25) is 4.79 Å². The van der Waals surface area contributed by atoms with Crippen molar-refractivity contribution in [1.82, 2.24) is 19.8 Å². The van der Waals surface area contributed by atoms with Crippen molar-refractivity contribution in [2.45, 2.75) is 37.8 Å². The van der Waals surface area contributed by atoms with Gasteiger partial charge in [0.1, 0.15) is 5.75 Å². The van der Waals surface area contributed by atoms with Crippen LogP contribution >= 0.6 is 0 Å². The van der Waals surface area contributed by atoms with Crippen molar-refractivity contribution in [1.29, 1.82) is 0 Å². The van der Waals surface area contributed by atoms with Crippen molar-refractivity contribution in [3.05, 3.63) is 111 Å². The van der Waals surface area contributed by atoms with Crippen LogP contribution in [0.1, 0.15) is 53.1 Å². The van der Waals surface area contributed by atoms with Gasteiger partial charge in [0.25, 0.3) is 5.56 Å². The third-order valence-electron chi connectivity index (χ3n) is 8.60. The van der Waals surface area contributed by atoms with E-state index < -0.39 is 23.2 Å². The van der Waals surface area contributed by atoms with E-state index in [0.29, 0.717) is 48.2 Å². The molecule has 3 aromatic carbocycles. The topological polar surface area (TPSA) is 90.4 Å². The number of aromatic amines is 1. The van der Waals surface area contributed by atoms with Gasteiger partial charge in [0.05, 0.1) is 22.6 Å². The van der Waals surface area contributed by atoms with E-state index in [0.717, 1.165) is 47.9 Å². The smallest absolute Gasteiger partial charge is 0.416 e. The highest BCUT2D eigenvalue weighted by Crippen LogP contribution is 2.41. The molecule has 3 N–H and O–H groups in total. The monoisotopic (exact) mass is 602 g/mol. The molecule has 228 valence electrons. The van der Waals surface area contributed by atoms with Crippen LogP contribution in [0.3, 0.4) is 0 Å². The fourth-order valence-corrected chi connectivity index (χ4v) is 6.35. The molecule has 1 aliphatic rings. The number of alkyl halides is 3. The second-order valence-electron chi connectivity index (χ2n) is 11.3. The maximum atomic E-state index is 14.0. The van der Waals surface area contributed by atoms with Gasteiger partial charge in [-0.25, -0.2) is 4.79 Å². The molecule has 1 saturated heterocycles. The molecule has 2 aromatic heterocycles. The molecule has 2 amide bonds. The summed E-state index contributed by atoms with van der Waals surface area (Å²) in [7, 11) is 1.61. The van der Waals surface area contributed by atoms with Crippen LogP contribution in [0, 0.1) is 0 Å². The first-order valence-electron chi connectivity index (χ1n) is 14.7. The Morgan fingerprint density at radius 1 is 0.955 bits per heavy atom. The van der Waals surface area contributed by atoms with Crippen LogP contribution in [-0.2, 0) is 19.6 Å². The van der Waals surface area contributed by atoms with Crippen molar-refractivity contribution < 1.29 is 23.1 Å². The first-order valence-corrected chi connectivity index (χ1v) is 14.7. The van der Waals surface area contributed by atoms with Gasteiger partial charge < -0.3 is 24.9 Å². The number of benzene rings is 3. The lowest BCUT2D eigenvalue weighted by Crippen LogP contribution is -2.43. The van der Waals surface area contributed by atoms with Crippen LogP contribution in [-0.4, -0.2) is 45.2 Å². The van der Waals surface area contributed by atoms with Gasteiger partial charge in [0, 0.05) is 48.7 Å². The van der Waals surface area contributed by atoms with Crippen LogP contribution in [0.5, 0.6) is 5.75 Å². The number of hydrogen-bond acceptors (Lipinski definition) is 3. The van der Waals surface area contributed by atoms with Crippen LogP contribution in [0.15, 0.2) is 77.6 Å². The Labute approximate surface area is 251 Å². The molecular weight excluding hydrogens is 569 g/mol. The van der Waals surface area contributed by atoms with E-state index in [9.17, 15) is 27.9 Å². The Balaban J connectivity index is 1.50. The number of piperidine rings is 1. The van der Waals surface area contributed by atoms with Gasteiger partial charge in [0.15, 0.2) is 0 Å². The van der Waals surface area contributed by atoms with Gasteiger partial charge in [-0.1, -0.05) is 42.5 Å². The average molecular weight is 603 g/mol. The van der Waals surface area contributed by atoms with Gasteiger partial charge in [0.2, 0.25) is 0 Å². The minimum absolute atomic E-state index is 0.0520. The number of carbonyl (C=O) groups is 1. The Bertz CT molecular complexity index is 1890. The normalized spacial score (nSPS) is 14.7. The molecule has 10 heteroatoms. The van der Waals surface area contributed by atoms with Crippen molar-refractivity contribution in [2.75, 3.05) is 19.6 Å². The molecule has 1 atom stereocenters. The maximum absolute atomic E-state index is 14.0. The molecule has 0 saturated carbocycles. The number of aryl methyl sites for hydroxylation is 1. The van der Waals surface area contributed by atoms with Crippen LogP contribution in [0.2, 0.25) is 0 Å². The quantitative estimate of drug-likeness (QED) is 0.203. The summed E-state index contributed by atoms with van der Waals surface area (Å²) in [5.41, 5.74) is 1.86. The van der Waals surface area contributed by atoms with E-state index in [1.165, 1.54) is 16.7 Å². The Kier molecular flexibility index (Phi) is 7.84. The van der Waals surface area contributed by atoms with E-state index in [-0.39, 0.29) is 17.3 Å². The molecule has 1 fully saturated rings. The van der Waals surface area contributed by atoms with Crippen LogP contribution in [0.25, 0.3) is 21.8 Å². The summed E-state index contributed by atoms with van der Waals surface area (Å²) in [6, 6.07) is 19.1. The second-order valence-corrected chi connectivity index (χ2v) is 11.3. The number of para-hydroxylation sites is 2. The number of amides is 2. The zero-order valence-electron chi connectivity index (χ0n) is 24.2. The molecule has 0 spiro atoms. The van der Waals surface area contributed by atoms with Crippen LogP contribution < -0.4 is 10.9 Å². The minimum atomic E-state index is -4.53. The number of halogens is 3. The van der Waals surface area contributed by atoms with Gasteiger partial charge in [-0.2, -0.15) is 13.2 Å². The number of fused-ring (bicyclic) bond motifs is 2. The lowest BCUT2D eigenvalue weighted by Gasteiger charge is -2.27. The molecule has 6 rings (SSSR count). The number of nitrogens with one attached hydrogen (secondary N) is 2. The standard InChI is InChI=1S/C34H33F3N4O3/c1-40-27-12-6-4-10-25(27)31(42)29(32(40)43)28(21-13-15-22(16-14-21)34(35,36)37)30-24(23-9-3-5-11-26(23)39-30)17-18-38-33(44)41-19-7-2-8-20-41/h3-6,9-16,28,39,42H,2,7-8,17-20H2,1H3,(H,38,44). The number of H-pyrrole nitrogens is 1. The molecule has 0 aliphatic carbocycles. The summed E-state index contributed by atoms with van der Waals surface area (Å²) in [6.07, 6.45) is -1.09. The average Bonchev–Trinajstić information content (AvgIpc) is 3.40. The first kappa shape index (κ1) is 29.3. The first-order chi connectivity index (χ1) is 21.1. The summed E-state index contributed by atoms with van der Waals surface area (Å²) in [4.78, 5) is 32.1. The summed E-state index contributed by atoms with van der Waals surface area (Å²) < 4.78 is 42.0.